The zero-order valence-electron chi connectivity index (χ0n) is 18.9. The van der Waals surface area contributed by atoms with Crippen LogP contribution in [0.5, 0.6) is 0 Å². The number of fused-ring (bicyclic) bond motifs is 1. The van der Waals surface area contributed by atoms with E-state index in [0.29, 0.717) is 0 Å². The van der Waals surface area contributed by atoms with Crippen LogP contribution >= 0.6 is 0 Å². The first-order valence-electron chi connectivity index (χ1n) is 11.0. The van der Waals surface area contributed by atoms with Crippen LogP contribution in [0, 0.1) is 0 Å². The van der Waals surface area contributed by atoms with Gasteiger partial charge in [0.2, 0.25) is 0 Å². The van der Waals surface area contributed by atoms with E-state index in [0.717, 1.165) is 52.1 Å². The van der Waals surface area contributed by atoms with Crippen LogP contribution in [-0.4, -0.2) is 20.9 Å². The van der Waals surface area contributed by atoms with E-state index < -0.39 is 0 Å². The predicted molar refractivity (Wildman–Crippen MR) is 136 cm³/mol. The summed E-state index contributed by atoms with van der Waals surface area (Å²) in [6.45, 7) is 7.92. The molecule has 0 spiro atoms. The van der Waals surface area contributed by atoms with Gasteiger partial charge in [0.1, 0.15) is 11.2 Å². The molecule has 0 unspecified atom stereocenters. The maximum absolute atomic E-state index is 11.0. The molecule has 0 aliphatic rings. The molecule has 5 nitrogen and oxygen atoms in total. The number of allylic oxidation sites excluding steroid dienone is 2. The van der Waals surface area contributed by atoms with Gasteiger partial charge in [-0.15, -0.1) is 0 Å². The van der Waals surface area contributed by atoms with Gasteiger partial charge < -0.3 is 10.3 Å². The molecule has 0 aliphatic carbocycles. The van der Waals surface area contributed by atoms with Crippen molar-refractivity contribution < 1.29 is 4.79 Å². The Hall–Kier alpha value is -4.21. The van der Waals surface area contributed by atoms with Gasteiger partial charge in [0.15, 0.2) is 11.6 Å². The van der Waals surface area contributed by atoms with Gasteiger partial charge >= 0.3 is 0 Å². The molecule has 2 N–H and O–H groups in total. The van der Waals surface area contributed by atoms with E-state index in [2.05, 4.69) is 66.1 Å². The first-order valence-corrected chi connectivity index (χ1v) is 11.0. The number of carbonyl (C=O) groups excluding carboxylic acids is 1. The molecular weight excluding hydrogens is 408 g/mol. The number of hydrogen-bond donors (Lipinski definition) is 2. The Kier molecular flexibility index (Phi) is 6.63. The molecule has 0 atom stereocenters. The number of nitrogens with zero attached hydrogens (tertiary/aromatic N) is 2. The quantitative estimate of drug-likeness (QED) is 0.247. The molecule has 0 radical (unpaired) electrons. The minimum Gasteiger partial charge on any atom is -0.346 e. The molecule has 0 bridgehead atoms. The molecule has 4 rings (SSSR count). The fourth-order valence-electron chi connectivity index (χ4n) is 3.84. The van der Waals surface area contributed by atoms with Crippen LogP contribution in [0.3, 0.4) is 0 Å². The molecule has 0 aliphatic heterocycles. The lowest BCUT2D eigenvalue weighted by molar-refractivity contribution is 0.568. The number of rotatable bonds is 8. The van der Waals surface area contributed by atoms with Crippen molar-refractivity contribution in [3.05, 3.63) is 96.0 Å². The van der Waals surface area contributed by atoms with Gasteiger partial charge in [-0.1, -0.05) is 62.4 Å². The van der Waals surface area contributed by atoms with E-state index >= 15 is 0 Å². The molecule has 2 aromatic heterocycles. The molecule has 164 valence electrons. The molecule has 0 amide bonds. The summed E-state index contributed by atoms with van der Waals surface area (Å²) in [5, 5.41) is 3.00. The van der Waals surface area contributed by atoms with Crippen molar-refractivity contribution in [1.82, 2.24) is 15.0 Å². The Labute approximate surface area is 193 Å². The number of benzene rings is 2. The van der Waals surface area contributed by atoms with Crippen LogP contribution in [0.4, 0.5) is 5.69 Å². The van der Waals surface area contributed by atoms with E-state index in [9.17, 15) is 4.79 Å². The predicted octanol–water partition coefficient (Wildman–Crippen LogP) is 6.45. The van der Waals surface area contributed by atoms with Gasteiger partial charge in [0.25, 0.3) is 0 Å². The highest BCUT2D eigenvalue weighted by molar-refractivity contribution is 5.93. The highest BCUT2D eigenvalue weighted by atomic mass is 16.1. The Morgan fingerprint density at radius 3 is 2.85 bits per heavy atom. The summed E-state index contributed by atoms with van der Waals surface area (Å²) < 4.78 is 0. The molecule has 0 fully saturated rings. The second-order valence-corrected chi connectivity index (χ2v) is 7.86. The summed E-state index contributed by atoms with van der Waals surface area (Å²) >= 11 is 0. The summed E-state index contributed by atoms with van der Waals surface area (Å²) in [4.78, 5) is 23.7. The van der Waals surface area contributed by atoms with Gasteiger partial charge in [-0.05, 0) is 48.3 Å². The maximum Gasteiger partial charge on any atom is 0.156 e. The number of aromatic nitrogens is 3. The number of nitrogens with one attached hydrogen (secondary N) is 2. The molecule has 0 saturated heterocycles. The number of anilines is 1. The van der Waals surface area contributed by atoms with Gasteiger partial charge in [0, 0.05) is 23.0 Å². The number of aromatic amines is 1. The highest BCUT2D eigenvalue weighted by Gasteiger charge is 2.11. The molecule has 0 saturated carbocycles. The second-order valence-electron chi connectivity index (χ2n) is 7.86. The minimum atomic E-state index is 0.283. The Bertz CT molecular complexity index is 1390. The SMILES string of the molecule is C=CC(=C=O)Nc1cccc(-c2cnc3[nH]cc(/C(C)=C/c4ccccc4CCC)c3n2)c1. The summed E-state index contributed by atoms with van der Waals surface area (Å²) in [6.07, 6.45) is 9.53. The minimum absolute atomic E-state index is 0.283. The zero-order valence-corrected chi connectivity index (χ0v) is 18.9. The van der Waals surface area contributed by atoms with Crippen molar-refractivity contribution in [2.24, 2.45) is 0 Å². The zero-order chi connectivity index (χ0) is 23.2. The highest BCUT2D eigenvalue weighted by Crippen LogP contribution is 2.28. The van der Waals surface area contributed by atoms with Crippen molar-refractivity contribution in [2.75, 3.05) is 5.32 Å². The topological polar surface area (TPSA) is 70.7 Å². The van der Waals surface area contributed by atoms with E-state index in [4.69, 9.17) is 4.98 Å². The fraction of sp³-hybridized carbons (Fsp3) is 0.143. The van der Waals surface area contributed by atoms with Crippen LogP contribution in [0.25, 0.3) is 34.1 Å². The van der Waals surface area contributed by atoms with Gasteiger partial charge in [-0.25, -0.2) is 14.8 Å². The summed E-state index contributed by atoms with van der Waals surface area (Å²) in [5.41, 5.74) is 8.98. The van der Waals surface area contributed by atoms with Crippen LogP contribution in [0.15, 0.2) is 79.3 Å². The third-order valence-electron chi connectivity index (χ3n) is 5.50. The van der Waals surface area contributed by atoms with Crippen molar-refractivity contribution in [3.63, 3.8) is 0 Å². The lowest BCUT2D eigenvalue weighted by atomic mass is 9.99. The number of hydrogen-bond acceptors (Lipinski definition) is 4. The number of H-pyrrole nitrogens is 1. The van der Waals surface area contributed by atoms with Crippen molar-refractivity contribution in [3.8, 4) is 11.3 Å². The molecule has 5 heteroatoms. The van der Waals surface area contributed by atoms with E-state index in [-0.39, 0.29) is 5.70 Å². The van der Waals surface area contributed by atoms with Crippen LogP contribution < -0.4 is 5.32 Å². The lowest BCUT2D eigenvalue weighted by Crippen LogP contribution is -1.97. The second kappa shape index (κ2) is 9.94. The summed E-state index contributed by atoms with van der Waals surface area (Å²) in [6, 6.07) is 16.2. The van der Waals surface area contributed by atoms with E-state index in [1.165, 1.54) is 17.2 Å². The molecule has 4 aromatic rings. The standard InChI is InChI=1S/C28H26N4O/c1-4-9-20-10-6-7-11-21(20)14-19(3)25-16-29-28-27(25)32-26(17-30-28)22-12-8-13-24(15-22)31-23(5-2)18-33/h5-8,10-17,31H,2,4,9H2,1,3H3,(H,29,30)/b19-14+. The first-order chi connectivity index (χ1) is 16.1. The first kappa shape index (κ1) is 22.0. The van der Waals surface area contributed by atoms with E-state index in [1.807, 2.05) is 36.4 Å². The molecule has 2 heterocycles. The maximum atomic E-state index is 11.0. The van der Waals surface area contributed by atoms with E-state index in [1.54, 1.807) is 6.20 Å². The lowest BCUT2D eigenvalue weighted by Gasteiger charge is -2.08. The van der Waals surface area contributed by atoms with Crippen molar-refractivity contribution in [2.45, 2.75) is 26.7 Å². The Balaban J connectivity index is 1.72. The molecule has 2 aromatic carbocycles. The van der Waals surface area contributed by atoms with Gasteiger partial charge in [-0.2, -0.15) is 0 Å². The van der Waals surface area contributed by atoms with Crippen molar-refractivity contribution >= 4 is 34.4 Å². The van der Waals surface area contributed by atoms with Crippen molar-refractivity contribution in [1.29, 1.82) is 0 Å². The van der Waals surface area contributed by atoms with Crippen LogP contribution in [0.1, 0.15) is 37.0 Å². The smallest absolute Gasteiger partial charge is 0.156 e. The summed E-state index contributed by atoms with van der Waals surface area (Å²) in [5.74, 6) is 1.83. The monoisotopic (exact) mass is 434 g/mol. The normalized spacial score (nSPS) is 11.3. The number of aryl methyl sites for hydroxylation is 1. The third-order valence-corrected chi connectivity index (χ3v) is 5.50. The molecule has 33 heavy (non-hydrogen) atoms. The third kappa shape index (κ3) is 4.84. The Morgan fingerprint density at radius 1 is 1.21 bits per heavy atom. The van der Waals surface area contributed by atoms with Gasteiger partial charge in [-0.3, -0.25) is 0 Å². The molecular formula is C28H26N4O. The average Bonchev–Trinajstić information content (AvgIpc) is 3.27. The van der Waals surface area contributed by atoms with Crippen LogP contribution in [0.2, 0.25) is 0 Å². The van der Waals surface area contributed by atoms with Crippen LogP contribution in [-0.2, 0) is 11.2 Å². The fourth-order valence-corrected chi connectivity index (χ4v) is 3.84. The Morgan fingerprint density at radius 2 is 2.06 bits per heavy atom. The summed E-state index contributed by atoms with van der Waals surface area (Å²) in [7, 11) is 0. The average molecular weight is 435 g/mol. The van der Waals surface area contributed by atoms with Gasteiger partial charge in [0.05, 0.1) is 11.9 Å². The largest absolute Gasteiger partial charge is 0.346 e.